The molecular formula is C16H21NO4. The second-order valence-electron chi connectivity index (χ2n) is 5.65. The highest BCUT2D eigenvalue weighted by Crippen LogP contribution is 2.36. The average molecular weight is 291 g/mol. The first-order valence-electron chi connectivity index (χ1n) is 7.15. The van der Waals surface area contributed by atoms with Gasteiger partial charge in [-0.15, -0.1) is 0 Å². The van der Waals surface area contributed by atoms with Gasteiger partial charge < -0.3 is 15.2 Å². The molecule has 0 aromatic heterocycles. The Morgan fingerprint density at radius 1 is 1.33 bits per heavy atom. The number of methoxy groups -OCH3 is 1. The first-order valence-corrected chi connectivity index (χ1v) is 7.15. The lowest BCUT2D eigenvalue weighted by Gasteiger charge is -2.38. The topological polar surface area (TPSA) is 75.6 Å². The van der Waals surface area contributed by atoms with E-state index >= 15 is 0 Å². The van der Waals surface area contributed by atoms with Crippen molar-refractivity contribution in [3.05, 3.63) is 29.8 Å². The monoisotopic (exact) mass is 291 g/mol. The lowest BCUT2D eigenvalue weighted by atomic mass is 9.79. The molecule has 0 unspecified atom stereocenters. The minimum absolute atomic E-state index is 0.108. The van der Waals surface area contributed by atoms with Crippen LogP contribution >= 0.6 is 0 Å². The smallest absolute Gasteiger partial charge is 0.306 e. The standard InChI is InChI=1S/C16H21NO4/c1-11(14(18)19)10-12-4-6-13(7-5-12)17-15(20)16(21-2)8-3-9-16/h4-7,11H,3,8-10H2,1-2H3,(H,17,20)(H,18,19)/t11-/m0/s1. The maximum atomic E-state index is 12.2. The van der Waals surface area contributed by atoms with Crippen LogP contribution in [-0.4, -0.2) is 29.7 Å². The number of aliphatic carboxylic acids is 1. The Hall–Kier alpha value is -1.88. The maximum absolute atomic E-state index is 12.2. The van der Waals surface area contributed by atoms with Gasteiger partial charge in [-0.2, -0.15) is 0 Å². The summed E-state index contributed by atoms with van der Waals surface area (Å²) in [7, 11) is 1.56. The second kappa shape index (κ2) is 6.26. The predicted molar refractivity (Wildman–Crippen MR) is 79.2 cm³/mol. The highest BCUT2D eigenvalue weighted by atomic mass is 16.5. The third-order valence-corrected chi connectivity index (χ3v) is 4.14. The van der Waals surface area contributed by atoms with E-state index in [-0.39, 0.29) is 5.91 Å². The lowest BCUT2D eigenvalue weighted by Crippen LogP contribution is -2.50. The molecule has 1 saturated carbocycles. The van der Waals surface area contributed by atoms with Gasteiger partial charge in [-0.1, -0.05) is 19.1 Å². The van der Waals surface area contributed by atoms with Crippen molar-refractivity contribution in [3.8, 4) is 0 Å². The van der Waals surface area contributed by atoms with Crippen molar-refractivity contribution < 1.29 is 19.4 Å². The molecule has 5 heteroatoms. The number of anilines is 1. The Labute approximate surface area is 124 Å². The summed E-state index contributed by atoms with van der Waals surface area (Å²) in [5.41, 5.74) is 0.972. The van der Waals surface area contributed by atoms with E-state index in [2.05, 4.69) is 5.32 Å². The number of benzene rings is 1. The number of carboxylic acid groups (broad SMARTS) is 1. The largest absolute Gasteiger partial charge is 0.481 e. The van der Waals surface area contributed by atoms with Gasteiger partial charge in [0.1, 0.15) is 5.60 Å². The summed E-state index contributed by atoms with van der Waals surface area (Å²) < 4.78 is 5.33. The fourth-order valence-electron chi connectivity index (χ4n) is 2.43. The molecule has 1 atom stereocenters. The molecule has 5 nitrogen and oxygen atoms in total. The third kappa shape index (κ3) is 3.42. The number of nitrogens with one attached hydrogen (secondary N) is 1. The normalized spacial score (nSPS) is 17.6. The van der Waals surface area contributed by atoms with Gasteiger partial charge in [-0.05, 0) is 43.4 Å². The number of rotatable bonds is 6. The molecule has 0 saturated heterocycles. The molecule has 2 N–H and O–H groups in total. The van der Waals surface area contributed by atoms with Gasteiger partial charge in [0.25, 0.3) is 5.91 Å². The van der Waals surface area contributed by atoms with Crippen molar-refractivity contribution in [1.29, 1.82) is 0 Å². The Kier molecular flexibility index (Phi) is 4.63. The molecule has 0 spiro atoms. The van der Waals surface area contributed by atoms with Crippen molar-refractivity contribution >= 4 is 17.6 Å². The summed E-state index contributed by atoms with van der Waals surface area (Å²) >= 11 is 0. The number of carbonyl (C=O) groups is 2. The fraction of sp³-hybridized carbons (Fsp3) is 0.500. The van der Waals surface area contributed by atoms with E-state index in [9.17, 15) is 9.59 Å². The van der Waals surface area contributed by atoms with E-state index < -0.39 is 17.5 Å². The van der Waals surface area contributed by atoms with Gasteiger partial charge in [0.05, 0.1) is 5.92 Å². The van der Waals surface area contributed by atoms with Crippen LogP contribution in [0.5, 0.6) is 0 Å². The van der Waals surface area contributed by atoms with E-state index in [1.807, 2.05) is 12.1 Å². The van der Waals surface area contributed by atoms with Crippen molar-refractivity contribution in [2.45, 2.75) is 38.2 Å². The fourth-order valence-corrected chi connectivity index (χ4v) is 2.43. The Bertz CT molecular complexity index is 514. The molecule has 1 aliphatic rings. The predicted octanol–water partition coefficient (Wildman–Crippen LogP) is 2.46. The third-order valence-electron chi connectivity index (χ3n) is 4.14. The van der Waals surface area contributed by atoms with E-state index in [1.54, 1.807) is 26.2 Å². The molecule has 2 rings (SSSR count). The summed E-state index contributed by atoms with van der Waals surface area (Å²) in [6, 6.07) is 7.28. The summed E-state index contributed by atoms with van der Waals surface area (Å²) in [5, 5.41) is 11.8. The van der Waals surface area contributed by atoms with Crippen molar-refractivity contribution in [1.82, 2.24) is 0 Å². The Morgan fingerprint density at radius 3 is 2.38 bits per heavy atom. The second-order valence-corrected chi connectivity index (χ2v) is 5.65. The van der Waals surface area contributed by atoms with E-state index in [0.717, 1.165) is 24.8 Å². The van der Waals surface area contributed by atoms with E-state index in [0.29, 0.717) is 12.1 Å². The van der Waals surface area contributed by atoms with Gasteiger partial charge in [0, 0.05) is 12.8 Å². The quantitative estimate of drug-likeness (QED) is 0.844. The van der Waals surface area contributed by atoms with Gasteiger partial charge >= 0.3 is 5.97 Å². The summed E-state index contributed by atoms with van der Waals surface area (Å²) in [6.45, 7) is 1.68. The molecule has 1 fully saturated rings. The molecule has 0 bridgehead atoms. The molecular weight excluding hydrogens is 270 g/mol. The zero-order valence-corrected chi connectivity index (χ0v) is 12.4. The van der Waals surface area contributed by atoms with Gasteiger partial charge in [0.2, 0.25) is 0 Å². The summed E-state index contributed by atoms with van der Waals surface area (Å²) in [5.74, 6) is -1.33. The minimum Gasteiger partial charge on any atom is -0.481 e. The first kappa shape index (κ1) is 15.5. The van der Waals surface area contributed by atoms with Crippen LogP contribution < -0.4 is 5.32 Å². The zero-order valence-electron chi connectivity index (χ0n) is 12.4. The number of amides is 1. The Balaban J connectivity index is 1.96. The van der Waals surface area contributed by atoms with Crippen LogP contribution in [0.15, 0.2) is 24.3 Å². The Morgan fingerprint density at radius 2 is 1.95 bits per heavy atom. The molecule has 21 heavy (non-hydrogen) atoms. The van der Waals surface area contributed by atoms with Gasteiger partial charge in [0.15, 0.2) is 0 Å². The molecule has 0 radical (unpaired) electrons. The molecule has 0 aliphatic heterocycles. The molecule has 1 aliphatic carbocycles. The van der Waals surface area contributed by atoms with Crippen LogP contribution in [0.1, 0.15) is 31.7 Å². The van der Waals surface area contributed by atoms with E-state index in [4.69, 9.17) is 9.84 Å². The van der Waals surface area contributed by atoms with Crippen molar-refractivity contribution in [3.63, 3.8) is 0 Å². The van der Waals surface area contributed by atoms with Crippen LogP contribution in [0.4, 0.5) is 5.69 Å². The van der Waals surface area contributed by atoms with Gasteiger partial charge in [-0.25, -0.2) is 0 Å². The van der Waals surface area contributed by atoms with E-state index in [1.165, 1.54) is 0 Å². The van der Waals surface area contributed by atoms with Crippen LogP contribution in [0, 0.1) is 5.92 Å². The molecule has 114 valence electrons. The SMILES string of the molecule is COC1(C(=O)Nc2ccc(C[C@H](C)C(=O)O)cc2)CCC1. The number of hydrogen-bond donors (Lipinski definition) is 2. The van der Waals surface area contributed by atoms with Crippen LogP contribution in [0.25, 0.3) is 0 Å². The maximum Gasteiger partial charge on any atom is 0.306 e. The number of ether oxygens (including phenoxy) is 1. The summed E-state index contributed by atoms with van der Waals surface area (Å²) in [4.78, 5) is 23.0. The molecule has 1 aromatic carbocycles. The van der Waals surface area contributed by atoms with Crippen LogP contribution in [-0.2, 0) is 20.7 Å². The highest BCUT2D eigenvalue weighted by Gasteiger charge is 2.44. The van der Waals surface area contributed by atoms with Crippen LogP contribution in [0.3, 0.4) is 0 Å². The number of carbonyl (C=O) groups excluding carboxylic acids is 1. The average Bonchev–Trinajstić information content (AvgIpc) is 2.40. The number of carboxylic acids is 1. The van der Waals surface area contributed by atoms with Crippen molar-refractivity contribution in [2.24, 2.45) is 5.92 Å². The molecule has 1 amide bonds. The molecule has 0 heterocycles. The van der Waals surface area contributed by atoms with Crippen molar-refractivity contribution in [2.75, 3.05) is 12.4 Å². The zero-order chi connectivity index (χ0) is 15.5. The van der Waals surface area contributed by atoms with Gasteiger partial charge in [-0.3, -0.25) is 9.59 Å². The highest BCUT2D eigenvalue weighted by molar-refractivity contribution is 5.98. The van der Waals surface area contributed by atoms with Crippen LogP contribution in [0.2, 0.25) is 0 Å². The minimum atomic E-state index is -0.806. The first-order chi connectivity index (χ1) is 9.97. The lowest BCUT2D eigenvalue weighted by molar-refractivity contribution is -0.148. The summed E-state index contributed by atoms with van der Waals surface area (Å²) in [6.07, 6.45) is 2.99. The number of hydrogen-bond acceptors (Lipinski definition) is 3. The molecule has 1 aromatic rings.